The number of aryl methyl sites for hydroxylation is 1. The number of rotatable bonds is 5. The van der Waals surface area contributed by atoms with Crippen molar-refractivity contribution in [1.29, 1.82) is 0 Å². The zero-order valence-corrected chi connectivity index (χ0v) is 11.0. The van der Waals surface area contributed by atoms with Gasteiger partial charge in [-0.25, -0.2) is 4.39 Å². The number of hydrogen-bond acceptors (Lipinski definition) is 4. The van der Waals surface area contributed by atoms with Gasteiger partial charge < -0.3 is 15.8 Å². The SMILES string of the molecule is COc1cc(NCCn2cc(C)cn2)c(N)cc1F. The molecule has 1 heterocycles. The molecule has 0 radical (unpaired) electrons. The van der Waals surface area contributed by atoms with Gasteiger partial charge in [0.15, 0.2) is 11.6 Å². The van der Waals surface area contributed by atoms with Crippen LogP contribution in [0, 0.1) is 12.7 Å². The molecule has 0 saturated carbocycles. The number of nitrogen functional groups attached to an aromatic ring is 1. The highest BCUT2D eigenvalue weighted by molar-refractivity contribution is 5.68. The minimum absolute atomic E-state index is 0.173. The van der Waals surface area contributed by atoms with Crippen molar-refractivity contribution in [2.75, 3.05) is 24.7 Å². The number of nitrogens with zero attached hydrogens (tertiary/aromatic N) is 2. The molecule has 0 aliphatic rings. The third-order valence-electron chi connectivity index (χ3n) is 2.74. The molecule has 0 bridgehead atoms. The van der Waals surface area contributed by atoms with Crippen molar-refractivity contribution < 1.29 is 9.13 Å². The van der Waals surface area contributed by atoms with Crippen LogP contribution >= 0.6 is 0 Å². The maximum atomic E-state index is 13.4. The summed E-state index contributed by atoms with van der Waals surface area (Å²) in [5.41, 5.74) is 7.87. The van der Waals surface area contributed by atoms with Gasteiger partial charge in [0.1, 0.15) is 0 Å². The van der Waals surface area contributed by atoms with E-state index in [2.05, 4.69) is 10.4 Å². The zero-order chi connectivity index (χ0) is 13.8. The van der Waals surface area contributed by atoms with Crippen molar-refractivity contribution in [2.45, 2.75) is 13.5 Å². The van der Waals surface area contributed by atoms with Gasteiger partial charge in [0.05, 0.1) is 31.2 Å². The molecule has 1 aromatic carbocycles. The van der Waals surface area contributed by atoms with Gasteiger partial charge >= 0.3 is 0 Å². The summed E-state index contributed by atoms with van der Waals surface area (Å²) >= 11 is 0. The predicted molar refractivity (Wildman–Crippen MR) is 72.8 cm³/mol. The predicted octanol–water partition coefficient (Wildman–Crippen LogP) is 2.03. The molecule has 0 aliphatic heterocycles. The standard InChI is InChI=1S/C13H17FN4O/c1-9-7-17-18(8-9)4-3-16-12-6-13(19-2)10(14)5-11(12)15/h5-8,16H,3-4,15H2,1-2H3. The molecule has 0 spiro atoms. The molecule has 0 aliphatic carbocycles. The van der Waals surface area contributed by atoms with E-state index in [9.17, 15) is 4.39 Å². The lowest BCUT2D eigenvalue weighted by Crippen LogP contribution is -2.12. The Morgan fingerprint density at radius 3 is 2.89 bits per heavy atom. The van der Waals surface area contributed by atoms with Crippen LogP contribution in [0.4, 0.5) is 15.8 Å². The van der Waals surface area contributed by atoms with Crippen molar-refractivity contribution in [3.8, 4) is 5.75 Å². The second-order valence-corrected chi connectivity index (χ2v) is 4.28. The molecular weight excluding hydrogens is 247 g/mol. The maximum absolute atomic E-state index is 13.4. The van der Waals surface area contributed by atoms with E-state index >= 15 is 0 Å². The van der Waals surface area contributed by atoms with Crippen LogP contribution in [0.2, 0.25) is 0 Å². The number of hydrogen-bond donors (Lipinski definition) is 2. The molecule has 3 N–H and O–H groups in total. The van der Waals surface area contributed by atoms with E-state index in [1.165, 1.54) is 13.2 Å². The molecule has 0 saturated heterocycles. The lowest BCUT2D eigenvalue weighted by atomic mass is 10.2. The fourth-order valence-corrected chi connectivity index (χ4v) is 1.77. The Labute approximate surface area is 111 Å². The summed E-state index contributed by atoms with van der Waals surface area (Å²) in [6.07, 6.45) is 3.76. The second kappa shape index (κ2) is 5.60. The number of anilines is 2. The molecule has 2 rings (SSSR count). The fraction of sp³-hybridized carbons (Fsp3) is 0.308. The number of aromatic nitrogens is 2. The number of benzene rings is 1. The largest absolute Gasteiger partial charge is 0.494 e. The van der Waals surface area contributed by atoms with Gasteiger partial charge in [0.25, 0.3) is 0 Å². The van der Waals surface area contributed by atoms with Gasteiger partial charge in [-0.3, -0.25) is 4.68 Å². The molecule has 102 valence electrons. The Kier molecular flexibility index (Phi) is 3.89. The molecule has 0 atom stereocenters. The second-order valence-electron chi connectivity index (χ2n) is 4.28. The Bertz CT molecular complexity index is 568. The molecule has 19 heavy (non-hydrogen) atoms. The lowest BCUT2D eigenvalue weighted by Gasteiger charge is -2.11. The van der Waals surface area contributed by atoms with Gasteiger partial charge in [0, 0.05) is 24.9 Å². The van der Waals surface area contributed by atoms with Gasteiger partial charge in [-0.05, 0) is 12.5 Å². The summed E-state index contributed by atoms with van der Waals surface area (Å²) in [6, 6.07) is 2.80. The molecular formula is C13H17FN4O. The Balaban J connectivity index is 1.99. The van der Waals surface area contributed by atoms with Crippen LogP contribution in [0.25, 0.3) is 0 Å². The van der Waals surface area contributed by atoms with E-state index in [1.807, 2.05) is 17.8 Å². The minimum atomic E-state index is -0.465. The normalized spacial score (nSPS) is 10.5. The highest BCUT2D eigenvalue weighted by Crippen LogP contribution is 2.27. The Morgan fingerprint density at radius 1 is 1.47 bits per heavy atom. The first kappa shape index (κ1) is 13.2. The number of nitrogens with one attached hydrogen (secondary N) is 1. The summed E-state index contributed by atoms with van der Waals surface area (Å²) < 4.78 is 20.1. The third kappa shape index (κ3) is 3.15. The van der Waals surface area contributed by atoms with E-state index in [0.29, 0.717) is 24.5 Å². The van der Waals surface area contributed by atoms with Crippen LogP contribution in [0.15, 0.2) is 24.5 Å². The topological polar surface area (TPSA) is 65.1 Å². The minimum Gasteiger partial charge on any atom is -0.494 e. The monoisotopic (exact) mass is 264 g/mol. The van der Waals surface area contributed by atoms with Crippen molar-refractivity contribution in [2.24, 2.45) is 0 Å². The number of nitrogens with two attached hydrogens (primary N) is 1. The van der Waals surface area contributed by atoms with E-state index < -0.39 is 5.82 Å². The smallest absolute Gasteiger partial charge is 0.167 e. The molecule has 0 amide bonds. The van der Waals surface area contributed by atoms with Gasteiger partial charge in [-0.1, -0.05) is 0 Å². The average molecular weight is 264 g/mol. The maximum Gasteiger partial charge on any atom is 0.167 e. The molecule has 5 nitrogen and oxygen atoms in total. The van der Waals surface area contributed by atoms with Crippen molar-refractivity contribution in [3.05, 3.63) is 35.9 Å². The first-order valence-corrected chi connectivity index (χ1v) is 5.96. The van der Waals surface area contributed by atoms with Crippen LogP contribution in [0.5, 0.6) is 5.75 Å². The molecule has 0 unspecified atom stereocenters. The summed E-state index contributed by atoms with van der Waals surface area (Å²) in [4.78, 5) is 0. The van der Waals surface area contributed by atoms with Gasteiger partial charge in [-0.2, -0.15) is 5.10 Å². The summed E-state index contributed by atoms with van der Waals surface area (Å²) in [6.45, 7) is 3.33. The first-order chi connectivity index (χ1) is 9.10. The van der Waals surface area contributed by atoms with Gasteiger partial charge in [0.2, 0.25) is 0 Å². The molecule has 1 aromatic heterocycles. The molecule has 2 aromatic rings. The summed E-state index contributed by atoms with van der Waals surface area (Å²) in [7, 11) is 1.42. The van der Waals surface area contributed by atoms with Crippen molar-refractivity contribution in [1.82, 2.24) is 9.78 Å². The summed E-state index contributed by atoms with van der Waals surface area (Å²) in [5, 5.41) is 7.32. The average Bonchev–Trinajstić information content (AvgIpc) is 2.78. The Hall–Kier alpha value is -2.24. The first-order valence-electron chi connectivity index (χ1n) is 5.96. The number of ether oxygens (including phenoxy) is 1. The Morgan fingerprint density at radius 2 is 2.26 bits per heavy atom. The third-order valence-corrected chi connectivity index (χ3v) is 2.74. The van der Waals surface area contributed by atoms with E-state index in [0.717, 1.165) is 5.56 Å². The molecule has 6 heteroatoms. The highest BCUT2D eigenvalue weighted by atomic mass is 19.1. The van der Waals surface area contributed by atoms with E-state index in [1.54, 1.807) is 12.3 Å². The van der Waals surface area contributed by atoms with Crippen LogP contribution in [0.3, 0.4) is 0 Å². The number of halogens is 1. The van der Waals surface area contributed by atoms with E-state index in [-0.39, 0.29) is 5.75 Å². The molecule has 0 fully saturated rings. The fourth-order valence-electron chi connectivity index (χ4n) is 1.77. The van der Waals surface area contributed by atoms with Crippen LogP contribution < -0.4 is 15.8 Å². The van der Waals surface area contributed by atoms with Gasteiger partial charge in [-0.15, -0.1) is 0 Å². The van der Waals surface area contributed by atoms with E-state index in [4.69, 9.17) is 10.5 Å². The van der Waals surface area contributed by atoms with Crippen molar-refractivity contribution in [3.63, 3.8) is 0 Å². The van der Waals surface area contributed by atoms with Crippen molar-refractivity contribution >= 4 is 11.4 Å². The van der Waals surface area contributed by atoms with Crippen LogP contribution in [0.1, 0.15) is 5.56 Å². The van der Waals surface area contributed by atoms with Crippen LogP contribution in [-0.4, -0.2) is 23.4 Å². The number of methoxy groups -OCH3 is 1. The zero-order valence-electron chi connectivity index (χ0n) is 11.0. The highest BCUT2D eigenvalue weighted by Gasteiger charge is 2.07. The quantitative estimate of drug-likeness (QED) is 0.811. The van der Waals surface area contributed by atoms with Crippen LogP contribution in [-0.2, 0) is 6.54 Å². The lowest BCUT2D eigenvalue weighted by molar-refractivity contribution is 0.387. The summed E-state index contributed by atoms with van der Waals surface area (Å²) in [5.74, 6) is -0.292.